The number of morpholine rings is 1. The largest absolute Gasteiger partial charge is 0.375 e. The van der Waals surface area contributed by atoms with Crippen molar-refractivity contribution in [1.29, 1.82) is 0 Å². The third-order valence-corrected chi connectivity index (χ3v) is 4.95. The summed E-state index contributed by atoms with van der Waals surface area (Å²) in [6.45, 7) is 3.67. The molecule has 4 rings (SSSR count). The number of H-pyrrole nitrogens is 1. The quantitative estimate of drug-likeness (QED) is 0.733. The van der Waals surface area contributed by atoms with E-state index in [-0.39, 0.29) is 24.3 Å². The first-order valence-corrected chi connectivity index (χ1v) is 9.46. The lowest BCUT2D eigenvalue weighted by Gasteiger charge is -2.31. The molecule has 1 fully saturated rings. The van der Waals surface area contributed by atoms with Crippen molar-refractivity contribution < 1.29 is 14.3 Å². The van der Waals surface area contributed by atoms with Gasteiger partial charge in [0, 0.05) is 41.4 Å². The van der Waals surface area contributed by atoms with Crippen molar-refractivity contribution in [2.45, 2.75) is 19.4 Å². The predicted molar refractivity (Wildman–Crippen MR) is 108 cm³/mol. The van der Waals surface area contributed by atoms with Gasteiger partial charge < -0.3 is 19.9 Å². The number of para-hydroxylation sites is 1. The van der Waals surface area contributed by atoms with Gasteiger partial charge in [0.05, 0.1) is 19.1 Å². The molecule has 1 saturated heterocycles. The minimum Gasteiger partial charge on any atom is -0.375 e. The number of aromatic nitrogens is 1. The molecule has 0 aliphatic carbocycles. The Balaban J connectivity index is 1.44. The molecule has 144 valence electrons. The number of amides is 2. The van der Waals surface area contributed by atoms with E-state index in [1.807, 2.05) is 37.4 Å². The fourth-order valence-corrected chi connectivity index (χ4v) is 3.57. The van der Waals surface area contributed by atoms with Gasteiger partial charge >= 0.3 is 0 Å². The van der Waals surface area contributed by atoms with Crippen LogP contribution >= 0.6 is 0 Å². The van der Waals surface area contributed by atoms with Gasteiger partial charge in [-0.15, -0.1) is 0 Å². The molecule has 2 heterocycles. The third-order valence-electron chi connectivity index (χ3n) is 4.95. The number of fused-ring (bicyclic) bond motifs is 1. The molecule has 6 nitrogen and oxygen atoms in total. The molecule has 2 N–H and O–H groups in total. The average molecular weight is 377 g/mol. The Labute approximate surface area is 163 Å². The first kappa shape index (κ1) is 18.3. The van der Waals surface area contributed by atoms with Crippen LogP contribution in [-0.4, -0.2) is 47.5 Å². The van der Waals surface area contributed by atoms with Gasteiger partial charge in [-0.3, -0.25) is 9.59 Å². The number of carbonyl (C=O) groups excluding carboxylic acids is 2. The van der Waals surface area contributed by atoms with E-state index >= 15 is 0 Å². The highest BCUT2D eigenvalue weighted by atomic mass is 16.5. The van der Waals surface area contributed by atoms with Crippen LogP contribution in [-0.2, 0) is 16.0 Å². The van der Waals surface area contributed by atoms with E-state index in [0.29, 0.717) is 30.9 Å². The van der Waals surface area contributed by atoms with Crippen LogP contribution in [0, 0.1) is 0 Å². The number of aromatic amines is 1. The van der Waals surface area contributed by atoms with Crippen LogP contribution in [0.2, 0.25) is 0 Å². The minimum absolute atomic E-state index is 0.0387. The number of nitrogens with zero attached hydrogens (tertiary/aromatic N) is 1. The zero-order valence-corrected chi connectivity index (χ0v) is 15.8. The smallest absolute Gasteiger partial charge is 0.254 e. The van der Waals surface area contributed by atoms with Crippen molar-refractivity contribution in [2.24, 2.45) is 0 Å². The number of nitrogens with one attached hydrogen (secondary N) is 2. The lowest BCUT2D eigenvalue weighted by Crippen LogP contribution is -2.44. The molecule has 0 bridgehead atoms. The SMILES string of the molecule is CC1CN(C(=O)c2cccc(NC(=O)Cc3c[nH]c4ccccc34)c2)CCO1. The molecule has 1 aromatic heterocycles. The van der Waals surface area contributed by atoms with Crippen molar-refractivity contribution in [3.8, 4) is 0 Å². The molecule has 1 aliphatic heterocycles. The molecule has 1 unspecified atom stereocenters. The Morgan fingerprint density at radius 3 is 2.93 bits per heavy atom. The normalized spacial score (nSPS) is 16.9. The Kier molecular flexibility index (Phi) is 5.12. The molecule has 2 amide bonds. The number of ether oxygens (including phenoxy) is 1. The molecule has 1 aliphatic rings. The summed E-state index contributed by atoms with van der Waals surface area (Å²) < 4.78 is 5.50. The van der Waals surface area contributed by atoms with Crippen LogP contribution in [0.15, 0.2) is 54.7 Å². The maximum Gasteiger partial charge on any atom is 0.254 e. The molecule has 0 radical (unpaired) electrons. The summed E-state index contributed by atoms with van der Waals surface area (Å²) in [5.74, 6) is -0.155. The van der Waals surface area contributed by atoms with Crippen LogP contribution in [0.5, 0.6) is 0 Å². The van der Waals surface area contributed by atoms with Crippen molar-refractivity contribution in [3.05, 3.63) is 65.9 Å². The highest BCUT2D eigenvalue weighted by Gasteiger charge is 2.22. The van der Waals surface area contributed by atoms with E-state index in [1.165, 1.54) is 0 Å². The number of benzene rings is 2. The van der Waals surface area contributed by atoms with E-state index in [4.69, 9.17) is 4.74 Å². The Bertz CT molecular complexity index is 1010. The molecular weight excluding hydrogens is 354 g/mol. The van der Waals surface area contributed by atoms with Crippen molar-refractivity contribution in [1.82, 2.24) is 9.88 Å². The summed E-state index contributed by atoms with van der Waals surface area (Å²) in [6.07, 6.45) is 2.17. The standard InChI is InChI=1S/C22H23N3O3/c1-15-14-25(9-10-28-15)22(27)16-5-4-6-18(11-16)24-21(26)12-17-13-23-20-8-3-2-7-19(17)20/h2-8,11,13,15,23H,9-10,12,14H2,1H3,(H,24,26). The van der Waals surface area contributed by atoms with Crippen molar-refractivity contribution >= 4 is 28.4 Å². The van der Waals surface area contributed by atoms with Crippen molar-refractivity contribution in [2.75, 3.05) is 25.0 Å². The molecule has 2 aromatic carbocycles. The second-order valence-corrected chi connectivity index (χ2v) is 7.10. The summed E-state index contributed by atoms with van der Waals surface area (Å²) >= 11 is 0. The first-order chi connectivity index (χ1) is 13.6. The van der Waals surface area contributed by atoms with Gasteiger partial charge in [0.15, 0.2) is 0 Å². The van der Waals surface area contributed by atoms with E-state index in [0.717, 1.165) is 16.5 Å². The summed E-state index contributed by atoms with van der Waals surface area (Å²) in [5.41, 5.74) is 3.15. The average Bonchev–Trinajstić information content (AvgIpc) is 3.10. The molecule has 28 heavy (non-hydrogen) atoms. The van der Waals surface area contributed by atoms with Crippen LogP contribution in [0.25, 0.3) is 10.9 Å². The van der Waals surface area contributed by atoms with Crippen LogP contribution in [0.4, 0.5) is 5.69 Å². The van der Waals surface area contributed by atoms with Crippen LogP contribution < -0.4 is 5.32 Å². The Morgan fingerprint density at radius 1 is 1.21 bits per heavy atom. The van der Waals surface area contributed by atoms with Gasteiger partial charge in [0.25, 0.3) is 5.91 Å². The van der Waals surface area contributed by atoms with Crippen LogP contribution in [0.1, 0.15) is 22.8 Å². The minimum atomic E-state index is -0.116. The first-order valence-electron chi connectivity index (χ1n) is 9.46. The number of carbonyl (C=O) groups is 2. The number of rotatable bonds is 4. The van der Waals surface area contributed by atoms with Gasteiger partial charge in [-0.25, -0.2) is 0 Å². The summed E-state index contributed by atoms with van der Waals surface area (Å²) in [6, 6.07) is 15.0. The lowest BCUT2D eigenvalue weighted by atomic mass is 10.1. The molecule has 6 heteroatoms. The maximum atomic E-state index is 12.7. The zero-order valence-electron chi connectivity index (χ0n) is 15.8. The highest BCUT2D eigenvalue weighted by Crippen LogP contribution is 2.19. The highest BCUT2D eigenvalue weighted by molar-refractivity contribution is 5.98. The van der Waals surface area contributed by atoms with Gasteiger partial charge in [0.2, 0.25) is 5.91 Å². The summed E-state index contributed by atoms with van der Waals surface area (Å²) in [4.78, 5) is 30.2. The van der Waals surface area contributed by atoms with E-state index in [2.05, 4.69) is 10.3 Å². The molecular formula is C22H23N3O3. The third kappa shape index (κ3) is 3.92. The number of anilines is 1. The van der Waals surface area contributed by atoms with E-state index < -0.39 is 0 Å². The molecule has 3 aromatic rings. The second-order valence-electron chi connectivity index (χ2n) is 7.10. The fraction of sp³-hybridized carbons (Fsp3) is 0.273. The summed E-state index contributed by atoms with van der Waals surface area (Å²) in [5, 5.41) is 3.95. The van der Waals surface area contributed by atoms with Gasteiger partial charge in [-0.2, -0.15) is 0 Å². The Morgan fingerprint density at radius 2 is 2.07 bits per heavy atom. The van der Waals surface area contributed by atoms with Gasteiger partial charge in [-0.1, -0.05) is 24.3 Å². The van der Waals surface area contributed by atoms with Gasteiger partial charge in [0.1, 0.15) is 0 Å². The monoisotopic (exact) mass is 377 g/mol. The molecule has 0 spiro atoms. The number of hydrogen-bond acceptors (Lipinski definition) is 3. The van der Waals surface area contributed by atoms with Crippen LogP contribution in [0.3, 0.4) is 0 Å². The lowest BCUT2D eigenvalue weighted by molar-refractivity contribution is -0.115. The Hall–Kier alpha value is -3.12. The number of hydrogen-bond donors (Lipinski definition) is 2. The van der Waals surface area contributed by atoms with Crippen molar-refractivity contribution in [3.63, 3.8) is 0 Å². The second kappa shape index (κ2) is 7.86. The summed E-state index contributed by atoms with van der Waals surface area (Å²) in [7, 11) is 0. The van der Waals surface area contributed by atoms with E-state index in [1.54, 1.807) is 29.2 Å². The fourth-order valence-electron chi connectivity index (χ4n) is 3.57. The maximum absolute atomic E-state index is 12.7. The molecule has 1 atom stereocenters. The predicted octanol–water partition coefficient (Wildman–Crippen LogP) is 3.21. The molecule has 0 saturated carbocycles. The van der Waals surface area contributed by atoms with Gasteiger partial charge in [-0.05, 0) is 36.8 Å². The topological polar surface area (TPSA) is 74.4 Å². The zero-order chi connectivity index (χ0) is 19.5. The van der Waals surface area contributed by atoms with E-state index in [9.17, 15) is 9.59 Å².